The Morgan fingerprint density at radius 1 is 1.75 bits per heavy atom. The predicted molar refractivity (Wildman–Crippen MR) is 32.4 cm³/mol. The first-order valence-electron chi connectivity index (χ1n) is 2.14. The summed E-state index contributed by atoms with van der Waals surface area (Å²) in [5.41, 5.74) is 0. The van der Waals surface area contributed by atoms with E-state index in [0.29, 0.717) is 4.99 Å². The average Bonchev–Trinajstić information content (AvgIpc) is 1.65. The van der Waals surface area contributed by atoms with Crippen LogP contribution in [0.15, 0.2) is 0 Å². The van der Waals surface area contributed by atoms with Crippen molar-refractivity contribution in [1.29, 1.82) is 0 Å². The second kappa shape index (κ2) is 5.61. The van der Waals surface area contributed by atoms with E-state index in [1.165, 1.54) is 7.05 Å². The zero-order valence-corrected chi connectivity index (χ0v) is 9.00. The molecule has 0 saturated carbocycles. The quantitative estimate of drug-likeness (QED) is 0.374. The van der Waals surface area contributed by atoms with Crippen molar-refractivity contribution >= 4 is 17.2 Å². The number of rotatable bonds is 1. The topological polar surface area (TPSA) is 23.5 Å². The maximum Gasteiger partial charge on any atom is 0.103 e. The van der Waals surface area contributed by atoms with Crippen LogP contribution in [0.3, 0.4) is 0 Å². The Morgan fingerprint density at radius 3 is 2.12 bits per heavy atom. The smallest absolute Gasteiger partial charge is 0.103 e. The van der Waals surface area contributed by atoms with E-state index in [0.717, 1.165) is 11.5 Å². The summed E-state index contributed by atoms with van der Waals surface area (Å²) in [7, 11) is 1.52. The van der Waals surface area contributed by atoms with Crippen LogP contribution in [0.4, 0.5) is 0 Å². The molecule has 4 heteroatoms. The normalized spacial score (nSPS) is 7.38. The van der Waals surface area contributed by atoms with Crippen LogP contribution in [0.2, 0.25) is 0 Å². The number of nitrogens with zero attached hydrogens (tertiary/aromatic N) is 1. The van der Waals surface area contributed by atoms with E-state index in [1.807, 2.05) is 6.92 Å². The second-order valence-corrected chi connectivity index (χ2v) is 1.74. The molecule has 2 nitrogen and oxygen atoms in total. The Balaban J connectivity index is 0. The standard InChI is InChI=1S/C4H9NOS.Zn/c1-3-4(7)5(2)6;/h6H,3H2,1-2H3;. The molecule has 0 aliphatic heterocycles. The molecule has 0 unspecified atom stereocenters. The van der Waals surface area contributed by atoms with Gasteiger partial charge in [0.1, 0.15) is 4.99 Å². The van der Waals surface area contributed by atoms with E-state index in [9.17, 15) is 0 Å². The molecule has 0 spiro atoms. The summed E-state index contributed by atoms with van der Waals surface area (Å²) < 4.78 is 0. The summed E-state index contributed by atoms with van der Waals surface area (Å²) in [5.74, 6) is 0. The van der Waals surface area contributed by atoms with Crippen LogP contribution < -0.4 is 0 Å². The molecule has 0 aromatic carbocycles. The molecule has 0 aliphatic carbocycles. The van der Waals surface area contributed by atoms with E-state index in [4.69, 9.17) is 5.21 Å². The van der Waals surface area contributed by atoms with Crippen molar-refractivity contribution in [3.05, 3.63) is 0 Å². The molecule has 1 N–H and O–H groups in total. The van der Waals surface area contributed by atoms with Crippen molar-refractivity contribution in [1.82, 2.24) is 5.06 Å². The SMILES string of the molecule is CCC(=S)N(C)O.[Zn]. The molecule has 0 amide bonds. The molecule has 0 heterocycles. The van der Waals surface area contributed by atoms with Gasteiger partial charge in [0.05, 0.1) is 0 Å². The minimum Gasteiger partial charge on any atom is -0.288 e. The summed E-state index contributed by atoms with van der Waals surface area (Å²) in [6.45, 7) is 1.90. The average molecular weight is 185 g/mol. The minimum absolute atomic E-state index is 0. The number of hydrogen-bond donors (Lipinski definition) is 1. The van der Waals surface area contributed by atoms with Gasteiger partial charge in [0, 0.05) is 26.5 Å². The largest absolute Gasteiger partial charge is 0.288 e. The van der Waals surface area contributed by atoms with Crippen molar-refractivity contribution in [3.8, 4) is 0 Å². The minimum atomic E-state index is 0. The van der Waals surface area contributed by atoms with Crippen LogP contribution in [-0.4, -0.2) is 22.3 Å². The molecule has 0 bridgehead atoms. The van der Waals surface area contributed by atoms with Crippen molar-refractivity contribution < 1.29 is 24.7 Å². The van der Waals surface area contributed by atoms with E-state index in [2.05, 4.69) is 12.2 Å². The third kappa shape index (κ3) is 4.63. The molecule has 0 radical (unpaired) electrons. The van der Waals surface area contributed by atoms with Crippen LogP contribution in [0.5, 0.6) is 0 Å². The van der Waals surface area contributed by atoms with Gasteiger partial charge in [-0.25, -0.2) is 0 Å². The number of hydrogen-bond acceptors (Lipinski definition) is 2. The number of hydroxylamine groups is 2. The van der Waals surface area contributed by atoms with Gasteiger partial charge in [-0.2, -0.15) is 0 Å². The fourth-order valence-corrected chi connectivity index (χ4v) is 0.229. The molecule has 0 rings (SSSR count). The summed E-state index contributed by atoms with van der Waals surface area (Å²) in [6.07, 6.45) is 0.725. The van der Waals surface area contributed by atoms with Crippen LogP contribution in [0.25, 0.3) is 0 Å². The molecule has 0 aliphatic rings. The van der Waals surface area contributed by atoms with Gasteiger partial charge < -0.3 is 0 Å². The fraction of sp³-hybridized carbons (Fsp3) is 0.750. The molecule has 0 fully saturated rings. The molecule has 0 saturated heterocycles. The Bertz CT molecular complexity index is 76.4. The van der Waals surface area contributed by atoms with Crippen LogP contribution in [-0.2, 0) is 19.5 Å². The Hall–Kier alpha value is 0.473. The molecular weight excluding hydrogens is 176 g/mol. The maximum absolute atomic E-state index is 8.51. The van der Waals surface area contributed by atoms with Gasteiger partial charge >= 0.3 is 0 Å². The van der Waals surface area contributed by atoms with Gasteiger partial charge in [0.25, 0.3) is 0 Å². The summed E-state index contributed by atoms with van der Waals surface area (Å²) >= 11 is 4.66. The first-order valence-corrected chi connectivity index (χ1v) is 2.54. The first-order chi connectivity index (χ1) is 3.18. The molecule has 0 aromatic rings. The third-order valence-electron chi connectivity index (χ3n) is 0.663. The van der Waals surface area contributed by atoms with E-state index >= 15 is 0 Å². The zero-order valence-electron chi connectivity index (χ0n) is 5.22. The summed E-state index contributed by atoms with van der Waals surface area (Å²) in [4.78, 5) is 0.569. The predicted octanol–water partition coefficient (Wildman–Crippen LogP) is 1.04. The van der Waals surface area contributed by atoms with E-state index in [1.54, 1.807) is 0 Å². The van der Waals surface area contributed by atoms with Gasteiger partial charge in [-0.3, -0.25) is 10.3 Å². The Labute approximate surface area is 67.6 Å². The van der Waals surface area contributed by atoms with Crippen LogP contribution in [0, 0.1) is 0 Å². The van der Waals surface area contributed by atoms with Crippen molar-refractivity contribution in [3.63, 3.8) is 0 Å². The summed E-state index contributed by atoms with van der Waals surface area (Å²) in [6, 6.07) is 0. The summed E-state index contributed by atoms with van der Waals surface area (Å²) in [5, 5.41) is 9.47. The zero-order chi connectivity index (χ0) is 5.86. The van der Waals surface area contributed by atoms with Gasteiger partial charge in [0.15, 0.2) is 0 Å². The Kier molecular flexibility index (Phi) is 7.92. The third-order valence-corrected chi connectivity index (χ3v) is 1.22. The van der Waals surface area contributed by atoms with Crippen LogP contribution in [0.1, 0.15) is 13.3 Å². The van der Waals surface area contributed by atoms with Gasteiger partial charge in [-0.15, -0.1) is 0 Å². The second-order valence-electron chi connectivity index (χ2n) is 1.27. The number of thiocarbonyl (C=S) groups is 1. The molecule has 0 atom stereocenters. The van der Waals surface area contributed by atoms with E-state index < -0.39 is 0 Å². The molecule has 0 aromatic heterocycles. The fourth-order valence-electron chi connectivity index (χ4n) is 0.229. The van der Waals surface area contributed by atoms with Gasteiger partial charge in [-0.1, -0.05) is 19.1 Å². The molecule has 8 heavy (non-hydrogen) atoms. The maximum atomic E-state index is 8.51. The monoisotopic (exact) mass is 183 g/mol. The van der Waals surface area contributed by atoms with Gasteiger partial charge in [-0.05, 0) is 6.42 Å². The van der Waals surface area contributed by atoms with Crippen molar-refractivity contribution in [2.45, 2.75) is 13.3 Å². The Morgan fingerprint density at radius 2 is 2.12 bits per heavy atom. The first kappa shape index (κ1) is 11.3. The van der Waals surface area contributed by atoms with E-state index in [-0.39, 0.29) is 19.5 Å². The van der Waals surface area contributed by atoms with Crippen LogP contribution >= 0.6 is 12.2 Å². The molecule has 44 valence electrons. The van der Waals surface area contributed by atoms with Crippen molar-refractivity contribution in [2.24, 2.45) is 0 Å². The molecular formula is C4H9NOSZn. The van der Waals surface area contributed by atoms with Gasteiger partial charge in [0.2, 0.25) is 0 Å². The van der Waals surface area contributed by atoms with Crippen molar-refractivity contribution in [2.75, 3.05) is 7.05 Å².